The van der Waals surface area contributed by atoms with Gasteiger partial charge in [0, 0.05) is 11.6 Å². The van der Waals surface area contributed by atoms with Gasteiger partial charge >= 0.3 is 0 Å². The number of nitrogens with zero attached hydrogens (tertiary/aromatic N) is 1. The molecule has 0 heterocycles. The summed E-state index contributed by atoms with van der Waals surface area (Å²) in [6.45, 7) is 0.132. The molecular formula is C14H10BrNO4. The summed E-state index contributed by atoms with van der Waals surface area (Å²) in [5, 5.41) is 10.8. The Labute approximate surface area is 123 Å². The fourth-order valence-electron chi connectivity index (χ4n) is 1.68. The number of hydrogen-bond donors (Lipinski definition) is 0. The van der Waals surface area contributed by atoms with Gasteiger partial charge in [0.1, 0.15) is 16.8 Å². The predicted molar refractivity (Wildman–Crippen MR) is 77.0 cm³/mol. The summed E-state index contributed by atoms with van der Waals surface area (Å²) < 4.78 is 5.93. The van der Waals surface area contributed by atoms with Crippen LogP contribution in [0.25, 0.3) is 0 Å². The molecule has 0 unspecified atom stereocenters. The largest absolute Gasteiger partial charge is 0.488 e. The van der Waals surface area contributed by atoms with Crippen molar-refractivity contribution in [2.45, 2.75) is 6.61 Å². The van der Waals surface area contributed by atoms with Gasteiger partial charge in [-0.2, -0.15) is 0 Å². The predicted octanol–water partition coefficient (Wildman–Crippen LogP) is 3.75. The zero-order valence-electron chi connectivity index (χ0n) is 10.3. The summed E-state index contributed by atoms with van der Waals surface area (Å²) in [6.07, 6.45) is 0.706. The Bertz CT molecular complexity index is 657. The van der Waals surface area contributed by atoms with E-state index < -0.39 is 4.92 Å². The Balaban J connectivity index is 2.21. The third-order valence-electron chi connectivity index (χ3n) is 2.68. The van der Waals surface area contributed by atoms with E-state index in [4.69, 9.17) is 4.74 Å². The molecule has 0 aliphatic rings. The lowest BCUT2D eigenvalue weighted by Crippen LogP contribution is -2.00. The molecule has 0 bridgehead atoms. The Hall–Kier alpha value is -2.21. The molecule has 0 radical (unpaired) electrons. The van der Waals surface area contributed by atoms with Crippen molar-refractivity contribution in [1.29, 1.82) is 0 Å². The van der Waals surface area contributed by atoms with Crippen molar-refractivity contribution in [1.82, 2.24) is 0 Å². The van der Waals surface area contributed by atoms with E-state index in [-0.39, 0.29) is 12.3 Å². The second-order valence-corrected chi connectivity index (χ2v) is 4.74. The zero-order chi connectivity index (χ0) is 14.5. The maximum absolute atomic E-state index is 10.9. The van der Waals surface area contributed by atoms with Crippen molar-refractivity contribution in [2.75, 3.05) is 0 Å². The van der Waals surface area contributed by atoms with E-state index in [9.17, 15) is 14.9 Å². The quantitative estimate of drug-likeness (QED) is 0.474. The van der Waals surface area contributed by atoms with Crippen LogP contribution in [0.15, 0.2) is 46.9 Å². The third kappa shape index (κ3) is 3.03. The maximum atomic E-state index is 10.9. The van der Waals surface area contributed by atoms with Gasteiger partial charge in [-0.25, -0.2) is 0 Å². The topological polar surface area (TPSA) is 69.4 Å². The first kappa shape index (κ1) is 14.2. The number of carbonyl (C=O) groups excluding carboxylic acids is 1. The minimum atomic E-state index is -0.465. The SMILES string of the molecule is O=Cc1ccccc1OCc1cccc([N+](=O)[O-])c1Br. The average molecular weight is 336 g/mol. The molecule has 2 aromatic rings. The lowest BCUT2D eigenvalue weighted by atomic mass is 10.2. The molecular weight excluding hydrogens is 326 g/mol. The normalized spacial score (nSPS) is 10.1. The number of nitro groups is 1. The van der Waals surface area contributed by atoms with Crippen molar-refractivity contribution in [3.05, 3.63) is 68.2 Å². The van der Waals surface area contributed by atoms with E-state index >= 15 is 0 Å². The molecule has 0 atom stereocenters. The van der Waals surface area contributed by atoms with Gasteiger partial charge in [0.05, 0.1) is 10.5 Å². The van der Waals surface area contributed by atoms with E-state index in [1.165, 1.54) is 6.07 Å². The molecule has 2 aromatic carbocycles. The van der Waals surface area contributed by atoms with Gasteiger partial charge in [0.15, 0.2) is 6.29 Å². The minimum absolute atomic E-state index is 0.0187. The lowest BCUT2D eigenvalue weighted by Gasteiger charge is -2.09. The monoisotopic (exact) mass is 335 g/mol. The van der Waals surface area contributed by atoms with E-state index in [1.807, 2.05) is 0 Å². The number of ether oxygens (including phenoxy) is 1. The van der Waals surface area contributed by atoms with E-state index in [2.05, 4.69) is 15.9 Å². The van der Waals surface area contributed by atoms with Crippen molar-refractivity contribution in [2.24, 2.45) is 0 Å². The summed E-state index contributed by atoms with van der Waals surface area (Å²) in [4.78, 5) is 21.2. The fraction of sp³-hybridized carbons (Fsp3) is 0.0714. The molecule has 0 aliphatic carbocycles. The maximum Gasteiger partial charge on any atom is 0.283 e. The van der Waals surface area contributed by atoms with Gasteiger partial charge in [0.2, 0.25) is 0 Å². The first-order valence-electron chi connectivity index (χ1n) is 5.72. The second-order valence-electron chi connectivity index (χ2n) is 3.95. The van der Waals surface area contributed by atoms with E-state index in [0.29, 0.717) is 27.6 Å². The van der Waals surface area contributed by atoms with Gasteiger partial charge in [-0.05, 0) is 28.1 Å². The van der Waals surface area contributed by atoms with Gasteiger partial charge in [-0.15, -0.1) is 0 Å². The highest BCUT2D eigenvalue weighted by atomic mass is 79.9. The van der Waals surface area contributed by atoms with Gasteiger partial charge in [0.25, 0.3) is 5.69 Å². The van der Waals surface area contributed by atoms with Gasteiger partial charge in [-0.3, -0.25) is 14.9 Å². The molecule has 102 valence electrons. The summed E-state index contributed by atoms with van der Waals surface area (Å²) in [7, 11) is 0. The summed E-state index contributed by atoms with van der Waals surface area (Å²) in [5.74, 6) is 0.445. The number of halogens is 1. The second kappa shape index (κ2) is 6.29. The van der Waals surface area contributed by atoms with Crippen LogP contribution >= 0.6 is 15.9 Å². The minimum Gasteiger partial charge on any atom is -0.488 e. The van der Waals surface area contributed by atoms with Crippen molar-refractivity contribution < 1.29 is 14.5 Å². The van der Waals surface area contributed by atoms with Crippen LogP contribution in [0.2, 0.25) is 0 Å². The highest BCUT2D eigenvalue weighted by molar-refractivity contribution is 9.10. The third-order valence-corrected chi connectivity index (χ3v) is 3.60. The molecule has 0 saturated carbocycles. The van der Waals surface area contributed by atoms with Crippen molar-refractivity contribution in [3.8, 4) is 5.75 Å². The summed E-state index contributed by atoms with van der Waals surface area (Å²) in [5.41, 5.74) is 1.06. The zero-order valence-corrected chi connectivity index (χ0v) is 11.9. The number of carbonyl (C=O) groups is 1. The van der Waals surface area contributed by atoms with Crippen LogP contribution in [-0.4, -0.2) is 11.2 Å². The number of hydrogen-bond acceptors (Lipinski definition) is 4. The summed E-state index contributed by atoms with van der Waals surface area (Å²) in [6, 6.07) is 11.5. The lowest BCUT2D eigenvalue weighted by molar-refractivity contribution is -0.385. The number of benzene rings is 2. The Kier molecular flexibility index (Phi) is 4.47. The number of aldehydes is 1. The van der Waals surface area contributed by atoms with Crippen LogP contribution in [0.1, 0.15) is 15.9 Å². The fourth-order valence-corrected chi connectivity index (χ4v) is 2.21. The van der Waals surface area contributed by atoms with E-state index in [1.54, 1.807) is 36.4 Å². The van der Waals surface area contributed by atoms with Gasteiger partial charge < -0.3 is 4.74 Å². The number of para-hydroxylation sites is 1. The van der Waals surface area contributed by atoms with Crippen molar-refractivity contribution >= 4 is 27.9 Å². The molecule has 2 rings (SSSR count). The Morgan fingerprint density at radius 1 is 1.20 bits per heavy atom. The molecule has 0 aromatic heterocycles. The molecule has 6 heteroatoms. The van der Waals surface area contributed by atoms with Crippen molar-refractivity contribution in [3.63, 3.8) is 0 Å². The van der Waals surface area contributed by atoms with Gasteiger partial charge in [-0.1, -0.05) is 24.3 Å². The molecule has 0 N–H and O–H groups in total. The number of nitro benzene ring substituents is 1. The molecule has 20 heavy (non-hydrogen) atoms. The standard InChI is InChI=1S/C14H10BrNO4/c15-14-11(5-3-6-12(14)16(18)19)9-20-13-7-2-1-4-10(13)8-17/h1-8H,9H2. The summed E-state index contributed by atoms with van der Waals surface area (Å²) >= 11 is 3.20. The smallest absolute Gasteiger partial charge is 0.283 e. The molecule has 0 saturated heterocycles. The van der Waals surface area contributed by atoms with E-state index in [0.717, 1.165) is 0 Å². The Morgan fingerprint density at radius 2 is 1.95 bits per heavy atom. The van der Waals surface area contributed by atoms with Crippen LogP contribution in [0.4, 0.5) is 5.69 Å². The van der Waals surface area contributed by atoms with Crippen LogP contribution in [0, 0.1) is 10.1 Å². The molecule has 5 nitrogen and oxygen atoms in total. The number of rotatable bonds is 5. The first-order chi connectivity index (χ1) is 9.63. The van der Waals surface area contributed by atoms with Crippen LogP contribution < -0.4 is 4.74 Å². The van der Waals surface area contributed by atoms with Crippen LogP contribution in [0.3, 0.4) is 0 Å². The molecule has 0 fully saturated rings. The van der Waals surface area contributed by atoms with Crippen LogP contribution in [0.5, 0.6) is 5.75 Å². The highest BCUT2D eigenvalue weighted by Crippen LogP contribution is 2.29. The highest BCUT2D eigenvalue weighted by Gasteiger charge is 2.15. The molecule has 0 amide bonds. The average Bonchev–Trinajstić information content (AvgIpc) is 2.46. The Morgan fingerprint density at radius 3 is 2.65 bits per heavy atom. The first-order valence-corrected chi connectivity index (χ1v) is 6.51. The van der Waals surface area contributed by atoms with Crippen LogP contribution in [-0.2, 0) is 6.61 Å². The molecule has 0 spiro atoms. The molecule has 0 aliphatic heterocycles.